The van der Waals surface area contributed by atoms with Gasteiger partial charge in [0, 0.05) is 6.04 Å². The lowest BCUT2D eigenvalue weighted by molar-refractivity contribution is 0.0888. The first-order valence-corrected chi connectivity index (χ1v) is 8.25. The zero-order valence-corrected chi connectivity index (χ0v) is 12.5. The van der Waals surface area contributed by atoms with Crippen LogP contribution in [0.25, 0.3) is 0 Å². The monoisotopic (exact) mass is 300 g/mol. The zero-order valence-electron chi connectivity index (χ0n) is 11.7. The maximum atomic E-state index is 12.0. The number of furan rings is 1. The van der Waals surface area contributed by atoms with E-state index in [0.29, 0.717) is 5.92 Å². The van der Waals surface area contributed by atoms with E-state index in [0.717, 1.165) is 19.3 Å². The van der Waals surface area contributed by atoms with Gasteiger partial charge in [-0.25, -0.2) is 13.1 Å². The SMILES string of the molecule is CNS(=O)(=O)c1ccc(C(=O)N[C@H]2CCC[C@H](C)C2)o1. The summed E-state index contributed by atoms with van der Waals surface area (Å²) in [5.41, 5.74) is 0. The van der Waals surface area contributed by atoms with E-state index in [9.17, 15) is 13.2 Å². The third-order valence-corrected chi connectivity index (χ3v) is 4.90. The molecule has 0 bridgehead atoms. The molecule has 6 nitrogen and oxygen atoms in total. The summed E-state index contributed by atoms with van der Waals surface area (Å²) in [6.07, 6.45) is 4.20. The molecule has 2 atom stereocenters. The number of amides is 1. The highest BCUT2D eigenvalue weighted by molar-refractivity contribution is 7.89. The standard InChI is InChI=1S/C13H20N2O4S/c1-9-4-3-5-10(8-9)15-13(16)11-6-7-12(19-11)20(17,18)14-2/h6-7,9-10,14H,3-5,8H2,1-2H3,(H,15,16)/t9-,10-/m0/s1. The van der Waals surface area contributed by atoms with Crippen LogP contribution in [0, 0.1) is 5.92 Å². The quantitative estimate of drug-likeness (QED) is 0.882. The third-order valence-electron chi connectivity index (χ3n) is 3.61. The van der Waals surface area contributed by atoms with Crippen LogP contribution in [0.4, 0.5) is 0 Å². The molecule has 0 radical (unpaired) electrons. The Balaban J connectivity index is 2.03. The molecule has 2 rings (SSSR count). The van der Waals surface area contributed by atoms with Crippen LogP contribution in [0.2, 0.25) is 0 Å². The van der Waals surface area contributed by atoms with E-state index in [-0.39, 0.29) is 22.8 Å². The number of carbonyl (C=O) groups is 1. The molecule has 1 aliphatic rings. The summed E-state index contributed by atoms with van der Waals surface area (Å²) in [5, 5.41) is 2.65. The first kappa shape index (κ1) is 15.1. The second-order valence-electron chi connectivity index (χ2n) is 5.27. The van der Waals surface area contributed by atoms with Crippen LogP contribution in [-0.2, 0) is 10.0 Å². The molecule has 0 unspecified atom stereocenters. The number of nitrogens with one attached hydrogen (secondary N) is 2. The van der Waals surface area contributed by atoms with Gasteiger partial charge < -0.3 is 9.73 Å². The number of rotatable bonds is 4. The summed E-state index contributed by atoms with van der Waals surface area (Å²) in [5.74, 6) is 0.268. The van der Waals surface area contributed by atoms with Gasteiger partial charge in [-0.15, -0.1) is 0 Å². The minimum absolute atomic E-state index is 0.0250. The predicted molar refractivity (Wildman–Crippen MR) is 73.8 cm³/mol. The third kappa shape index (κ3) is 3.40. The molecule has 0 aromatic carbocycles. The van der Waals surface area contributed by atoms with Gasteiger partial charge in [0.15, 0.2) is 5.76 Å². The lowest BCUT2D eigenvalue weighted by Crippen LogP contribution is -2.37. The molecule has 0 saturated heterocycles. The smallest absolute Gasteiger partial charge is 0.287 e. The van der Waals surface area contributed by atoms with Crippen molar-refractivity contribution in [3.8, 4) is 0 Å². The van der Waals surface area contributed by atoms with Crippen LogP contribution >= 0.6 is 0 Å². The Bertz CT molecular complexity index is 579. The Labute approximate surface area is 119 Å². The molecule has 112 valence electrons. The van der Waals surface area contributed by atoms with Crippen molar-refractivity contribution < 1.29 is 17.6 Å². The van der Waals surface area contributed by atoms with Crippen molar-refractivity contribution in [2.75, 3.05) is 7.05 Å². The Morgan fingerprint density at radius 3 is 2.75 bits per heavy atom. The fraction of sp³-hybridized carbons (Fsp3) is 0.615. The number of sulfonamides is 1. The van der Waals surface area contributed by atoms with Crippen molar-refractivity contribution in [1.82, 2.24) is 10.0 Å². The summed E-state index contributed by atoms with van der Waals surface area (Å²) in [7, 11) is -2.36. The average molecular weight is 300 g/mol. The Morgan fingerprint density at radius 2 is 2.10 bits per heavy atom. The van der Waals surface area contributed by atoms with E-state index in [1.54, 1.807) is 0 Å². The normalized spacial score (nSPS) is 23.5. The Hall–Kier alpha value is -1.34. The summed E-state index contributed by atoms with van der Waals surface area (Å²) < 4.78 is 30.3. The summed E-state index contributed by atoms with van der Waals surface area (Å²) in [6.45, 7) is 2.17. The minimum atomic E-state index is -3.65. The van der Waals surface area contributed by atoms with Crippen molar-refractivity contribution in [3.05, 3.63) is 17.9 Å². The maximum absolute atomic E-state index is 12.0. The molecule has 2 N–H and O–H groups in total. The largest absolute Gasteiger partial charge is 0.438 e. The molecule has 1 aromatic rings. The van der Waals surface area contributed by atoms with Gasteiger partial charge in [0.2, 0.25) is 5.09 Å². The van der Waals surface area contributed by atoms with Crippen LogP contribution in [0.1, 0.15) is 43.2 Å². The molecule has 0 aliphatic heterocycles. The molecule has 0 spiro atoms. The molecule has 1 amide bonds. The van der Waals surface area contributed by atoms with Crippen molar-refractivity contribution in [2.24, 2.45) is 5.92 Å². The molecule has 1 saturated carbocycles. The van der Waals surface area contributed by atoms with Gasteiger partial charge in [-0.05, 0) is 37.9 Å². The second-order valence-corrected chi connectivity index (χ2v) is 7.09. The Kier molecular flexibility index (Phi) is 4.49. The summed E-state index contributed by atoms with van der Waals surface area (Å²) >= 11 is 0. The van der Waals surface area contributed by atoms with Gasteiger partial charge >= 0.3 is 0 Å². The minimum Gasteiger partial charge on any atom is -0.438 e. The van der Waals surface area contributed by atoms with Gasteiger partial charge in [-0.3, -0.25) is 4.79 Å². The number of hydrogen-bond acceptors (Lipinski definition) is 4. The molecule has 1 aliphatic carbocycles. The van der Waals surface area contributed by atoms with Gasteiger partial charge in [0.25, 0.3) is 15.9 Å². The number of carbonyl (C=O) groups excluding carboxylic acids is 1. The van der Waals surface area contributed by atoms with Crippen LogP contribution < -0.4 is 10.0 Å². The molecule has 1 aromatic heterocycles. The van der Waals surface area contributed by atoms with Crippen LogP contribution in [0.15, 0.2) is 21.6 Å². The second kappa shape index (κ2) is 5.97. The Morgan fingerprint density at radius 1 is 1.35 bits per heavy atom. The fourth-order valence-electron chi connectivity index (χ4n) is 2.51. The van der Waals surface area contributed by atoms with Crippen molar-refractivity contribution >= 4 is 15.9 Å². The molecular weight excluding hydrogens is 280 g/mol. The molecule has 7 heteroatoms. The van der Waals surface area contributed by atoms with E-state index >= 15 is 0 Å². The molecule has 1 fully saturated rings. The van der Waals surface area contributed by atoms with E-state index in [1.165, 1.54) is 25.6 Å². The highest BCUT2D eigenvalue weighted by Crippen LogP contribution is 2.24. The van der Waals surface area contributed by atoms with Crippen molar-refractivity contribution in [1.29, 1.82) is 0 Å². The highest BCUT2D eigenvalue weighted by atomic mass is 32.2. The van der Waals surface area contributed by atoms with Gasteiger partial charge in [0.1, 0.15) is 0 Å². The first-order chi connectivity index (χ1) is 9.42. The molecule has 20 heavy (non-hydrogen) atoms. The van der Waals surface area contributed by atoms with E-state index in [4.69, 9.17) is 4.42 Å². The van der Waals surface area contributed by atoms with Gasteiger partial charge in [0.05, 0.1) is 0 Å². The summed E-state index contributed by atoms with van der Waals surface area (Å²) in [6, 6.07) is 2.80. The summed E-state index contributed by atoms with van der Waals surface area (Å²) in [4.78, 5) is 12.0. The molecular formula is C13H20N2O4S. The number of hydrogen-bond donors (Lipinski definition) is 2. The van der Waals surface area contributed by atoms with Gasteiger partial charge in [-0.2, -0.15) is 0 Å². The van der Waals surface area contributed by atoms with E-state index < -0.39 is 10.0 Å². The highest BCUT2D eigenvalue weighted by Gasteiger charge is 2.24. The van der Waals surface area contributed by atoms with Crippen LogP contribution in [0.5, 0.6) is 0 Å². The maximum Gasteiger partial charge on any atom is 0.287 e. The predicted octanol–water partition coefficient (Wildman–Crippen LogP) is 1.50. The lowest BCUT2D eigenvalue weighted by Gasteiger charge is -2.27. The zero-order chi connectivity index (χ0) is 14.8. The van der Waals surface area contributed by atoms with Crippen LogP contribution in [0.3, 0.4) is 0 Å². The molecule has 1 heterocycles. The van der Waals surface area contributed by atoms with Crippen molar-refractivity contribution in [3.63, 3.8) is 0 Å². The van der Waals surface area contributed by atoms with Crippen LogP contribution in [-0.4, -0.2) is 27.4 Å². The van der Waals surface area contributed by atoms with Crippen molar-refractivity contribution in [2.45, 2.75) is 43.7 Å². The first-order valence-electron chi connectivity index (χ1n) is 6.76. The van der Waals surface area contributed by atoms with E-state index in [1.807, 2.05) is 0 Å². The van der Waals surface area contributed by atoms with Gasteiger partial charge in [-0.1, -0.05) is 19.8 Å². The lowest BCUT2D eigenvalue weighted by atomic mass is 9.87. The average Bonchev–Trinajstić information content (AvgIpc) is 2.89. The van der Waals surface area contributed by atoms with E-state index in [2.05, 4.69) is 17.0 Å². The topological polar surface area (TPSA) is 88.4 Å². The fourth-order valence-corrected chi connectivity index (χ4v) is 3.16.